The van der Waals surface area contributed by atoms with E-state index in [9.17, 15) is 0 Å². The molecule has 1 aromatic heterocycles. The van der Waals surface area contributed by atoms with Crippen LogP contribution in [0.4, 0.5) is 5.13 Å². The number of nitrogens with zero attached hydrogens (tertiary/aromatic N) is 3. The fourth-order valence-corrected chi connectivity index (χ4v) is 3.03. The summed E-state index contributed by atoms with van der Waals surface area (Å²) in [7, 11) is 5.92. The van der Waals surface area contributed by atoms with Gasteiger partial charge in [0.15, 0.2) is 4.34 Å². The first-order chi connectivity index (χ1) is 6.63. The van der Waals surface area contributed by atoms with E-state index in [1.54, 1.807) is 23.1 Å². The Hall–Kier alpha value is -0.330. The van der Waals surface area contributed by atoms with Crippen molar-refractivity contribution in [1.82, 2.24) is 15.5 Å². The summed E-state index contributed by atoms with van der Waals surface area (Å²) in [5, 5.41) is 12.8. The second-order valence-corrected chi connectivity index (χ2v) is 5.87. The van der Waals surface area contributed by atoms with Gasteiger partial charge < -0.3 is 10.2 Å². The van der Waals surface area contributed by atoms with Gasteiger partial charge in [0.25, 0.3) is 0 Å². The van der Waals surface area contributed by atoms with Crippen molar-refractivity contribution in [2.24, 2.45) is 0 Å². The zero-order valence-electron chi connectivity index (χ0n) is 8.94. The van der Waals surface area contributed by atoms with Crippen LogP contribution in [0.5, 0.6) is 0 Å². The first-order valence-corrected chi connectivity index (χ1v) is 6.15. The Labute approximate surface area is 93.1 Å². The molecular weight excluding hydrogens is 216 g/mol. The number of aromatic nitrogens is 2. The maximum absolute atomic E-state index is 4.12. The Morgan fingerprint density at radius 1 is 1.50 bits per heavy atom. The average molecular weight is 232 g/mol. The molecule has 1 unspecified atom stereocenters. The van der Waals surface area contributed by atoms with Gasteiger partial charge in [-0.15, -0.1) is 10.2 Å². The van der Waals surface area contributed by atoms with Crippen LogP contribution < -0.4 is 10.2 Å². The molecule has 14 heavy (non-hydrogen) atoms. The van der Waals surface area contributed by atoms with Gasteiger partial charge in [0, 0.05) is 25.9 Å². The van der Waals surface area contributed by atoms with E-state index in [0.717, 1.165) is 16.0 Å². The molecule has 0 radical (unpaired) electrons. The van der Waals surface area contributed by atoms with Crippen LogP contribution in [0.1, 0.15) is 6.92 Å². The summed E-state index contributed by atoms with van der Waals surface area (Å²) in [4.78, 5) is 1.98. The van der Waals surface area contributed by atoms with Gasteiger partial charge in [-0.3, -0.25) is 0 Å². The van der Waals surface area contributed by atoms with Crippen molar-refractivity contribution in [3.8, 4) is 0 Å². The highest BCUT2D eigenvalue weighted by atomic mass is 32.2. The van der Waals surface area contributed by atoms with Crippen LogP contribution in [0.2, 0.25) is 0 Å². The number of thioether (sulfide) groups is 1. The molecule has 0 aliphatic rings. The Morgan fingerprint density at radius 2 is 2.21 bits per heavy atom. The Balaban J connectivity index is 2.51. The van der Waals surface area contributed by atoms with E-state index in [1.807, 2.05) is 26.0 Å². The van der Waals surface area contributed by atoms with Gasteiger partial charge in [-0.25, -0.2) is 0 Å². The molecule has 1 N–H and O–H groups in total. The lowest BCUT2D eigenvalue weighted by molar-refractivity contribution is 0.784. The van der Waals surface area contributed by atoms with Crippen molar-refractivity contribution in [2.45, 2.75) is 16.5 Å². The largest absolute Gasteiger partial charge is 0.353 e. The topological polar surface area (TPSA) is 41.1 Å². The summed E-state index contributed by atoms with van der Waals surface area (Å²) >= 11 is 3.40. The molecule has 1 rings (SSSR count). The van der Waals surface area contributed by atoms with Crippen LogP contribution in [0, 0.1) is 0 Å². The monoisotopic (exact) mass is 232 g/mol. The fraction of sp³-hybridized carbons (Fsp3) is 0.750. The highest BCUT2D eigenvalue weighted by molar-refractivity contribution is 8.01. The summed E-state index contributed by atoms with van der Waals surface area (Å²) in [5.74, 6) is 0. The zero-order chi connectivity index (χ0) is 10.6. The predicted molar refractivity (Wildman–Crippen MR) is 63.5 cm³/mol. The van der Waals surface area contributed by atoms with Gasteiger partial charge in [-0.2, -0.15) is 0 Å². The summed E-state index contributed by atoms with van der Waals surface area (Å²) in [6.07, 6.45) is 0. The molecule has 0 aliphatic carbocycles. The van der Waals surface area contributed by atoms with Crippen molar-refractivity contribution in [1.29, 1.82) is 0 Å². The van der Waals surface area contributed by atoms with Crippen molar-refractivity contribution in [2.75, 3.05) is 32.6 Å². The first-order valence-electron chi connectivity index (χ1n) is 4.45. The minimum absolute atomic E-state index is 0.531. The van der Waals surface area contributed by atoms with E-state index >= 15 is 0 Å². The molecule has 0 saturated heterocycles. The Bertz CT molecular complexity index is 274. The van der Waals surface area contributed by atoms with Crippen molar-refractivity contribution in [3.63, 3.8) is 0 Å². The van der Waals surface area contributed by atoms with Gasteiger partial charge in [0.2, 0.25) is 5.13 Å². The number of rotatable bonds is 5. The number of nitrogens with one attached hydrogen (secondary N) is 1. The minimum Gasteiger partial charge on any atom is -0.353 e. The van der Waals surface area contributed by atoms with Gasteiger partial charge in [0.1, 0.15) is 0 Å². The molecule has 0 aromatic carbocycles. The van der Waals surface area contributed by atoms with E-state index in [-0.39, 0.29) is 0 Å². The minimum atomic E-state index is 0.531. The highest BCUT2D eigenvalue weighted by Gasteiger charge is 2.09. The lowest BCUT2D eigenvalue weighted by atomic mass is 10.5. The molecule has 0 amide bonds. The van der Waals surface area contributed by atoms with Crippen molar-refractivity contribution < 1.29 is 0 Å². The predicted octanol–water partition coefficient (Wildman–Crippen LogP) is 1.30. The van der Waals surface area contributed by atoms with Gasteiger partial charge in [-0.05, 0) is 7.05 Å². The smallest absolute Gasteiger partial charge is 0.208 e. The van der Waals surface area contributed by atoms with Gasteiger partial charge in [0.05, 0.1) is 0 Å². The molecule has 80 valence electrons. The SMILES string of the molecule is CNCC(C)Sc1nnc(N(C)C)s1. The normalized spacial score (nSPS) is 12.9. The molecule has 1 aromatic rings. The molecule has 0 aliphatic heterocycles. The van der Waals surface area contributed by atoms with Crippen LogP contribution in [0.3, 0.4) is 0 Å². The van der Waals surface area contributed by atoms with Crippen LogP contribution in [-0.4, -0.2) is 43.1 Å². The fourth-order valence-electron chi connectivity index (χ4n) is 0.932. The maximum atomic E-state index is 4.12. The van der Waals surface area contributed by atoms with E-state index in [2.05, 4.69) is 22.4 Å². The third-order valence-electron chi connectivity index (χ3n) is 1.57. The highest BCUT2D eigenvalue weighted by Crippen LogP contribution is 2.29. The molecule has 4 nitrogen and oxygen atoms in total. The number of anilines is 1. The van der Waals surface area contributed by atoms with E-state index in [0.29, 0.717) is 5.25 Å². The summed E-state index contributed by atoms with van der Waals surface area (Å²) in [6, 6.07) is 0. The molecule has 1 atom stereocenters. The Morgan fingerprint density at radius 3 is 2.71 bits per heavy atom. The van der Waals surface area contributed by atoms with Gasteiger partial charge in [-0.1, -0.05) is 30.0 Å². The van der Waals surface area contributed by atoms with E-state index in [1.165, 1.54) is 0 Å². The standard InChI is InChI=1S/C8H16N4S2/c1-6(5-9-2)13-8-11-10-7(14-8)12(3)4/h6,9H,5H2,1-4H3. The third kappa shape index (κ3) is 3.43. The zero-order valence-corrected chi connectivity index (χ0v) is 10.6. The number of hydrogen-bond donors (Lipinski definition) is 1. The van der Waals surface area contributed by atoms with E-state index < -0.39 is 0 Å². The van der Waals surface area contributed by atoms with Crippen molar-refractivity contribution >= 4 is 28.2 Å². The van der Waals surface area contributed by atoms with Crippen LogP contribution in [0.25, 0.3) is 0 Å². The number of hydrogen-bond acceptors (Lipinski definition) is 6. The van der Waals surface area contributed by atoms with E-state index in [4.69, 9.17) is 0 Å². The summed E-state index contributed by atoms with van der Waals surface area (Å²) < 4.78 is 1.04. The third-order valence-corrected chi connectivity index (χ3v) is 3.85. The van der Waals surface area contributed by atoms with Crippen LogP contribution in [0.15, 0.2) is 4.34 Å². The maximum Gasteiger partial charge on any atom is 0.208 e. The molecule has 0 fully saturated rings. The molecule has 0 spiro atoms. The van der Waals surface area contributed by atoms with Crippen LogP contribution in [-0.2, 0) is 0 Å². The molecule has 0 saturated carbocycles. The van der Waals surface area contributed by atoms with Crippen LogP contribution >= 0.6 is 23.1 Å². The van der Waals surface area contributed by atoms with Gasteiger partial charge >= 0.3 is 0 Å². The summed E-state index contributed by atoms with van der Waals surface area (Å²) in [6.45, 7) is 3.17. The average Bonchev–Trinajstić information content (AvgIpc) is 2.53. The van der Waals surface area contributed by atoms with Crippen molar-refractivity contribution in [3.05, 3.63) is 0 Å². The second kappa shape index (κ2) is 5.53. The Kier molecular flexibility index (Phi) is 4.64. The first kappa shape index (κ1) is 11.7. The lowest BCUT2D eigenvalue weighted by Crippen LogP contribution is -2.17. The summed E-state index contributed by atoms with van der Waals surface area (Å²) in [5.41, 5.74) is 0. The molecular formula is C8H16N4S2. The molecule has 6 heteroatoms. The lowest BCUT2D eigenvalue weighted by Gasteiger charge is -2.06. The second-order valence-electron chi connectivity index (χ2n) is 3.23. The quantitative estimate of drug-likeness (QED) is 0.775. The molecule has 1 heterocycles. The molecule has 0 bridgehead atoms.